The molecule has 2 heterocycles. The summed E-state index contributed by atoms with van der Waals surface area (Å²) < 4.78 is 0.222. The van der Waals surface area contributed by atoms with E-state index in [1.54, 1.807) is 11.8 Å². The van der Waals surface area contributed by atoms with E-state index in [0.29, 0.717) is 0 Å². The van der Waals surface area contributed by atoms with E-state index in [9.17, 15) is 4.79 Å². The molecule has 0 aromatic heterocycles. The zero-order valence-electron chi connectivity index (χ0n) is 8.50. The molecule has 0 saturated carbocycles. The van der Waals surface area contributed by atoms with Gasteiger partial charge < -0.3 is 4.90 Å². The third-order valence-electron chi connectivity index (χ3n) is 2.52. The van der Waals surface area contributed by atoms with Crippen molar-refractivity contribution in [2.45, 2.75) is 4.71 Å². The topological polar surface area (TPSA) is 32.7 Å². The second-order valence-electron chi connectivity index (χ2n) is 3.55. The Morgan fingerprint density at radius 2 is 2.12 bits per heavy atom. The maximum Gasteiger partial charge on any atom is 0.346 e. The molecule has 0 radical (unpaired) electrons. The quantitative estimate of drug-likeness (QED) is 0.768. The fourth-order valence-electron chi connectivity index (χ4n) is 1.72. The molecule has 1 unspecified atom stereocenters. The third kappa shape index (κ3) is 1.74. The highest BCUT2D eigenvalue weighted by atomic mass is 32.2. The first kappa shape index (κ1) is 10.2. The first-order valence-electron chi connectivity index (χ1n) is 5.07. The standard InChI is InChI=1S/C11H10N2OS2/c14-10-12-9(8-4-2-1-3-5-8)16-11-13(10)6-7-15-11/h1-5,11H,6-7H2. The van der Waals surface area contributed by atoms with Gasteiger partial charge in [0, 0.05) is 17.9 Å². The highest BCUT2D eigenvalue weighted by Crippen LogP contribution is 2.38. The molecule has 1 aromatic carbocycles. The van der Waals surface area contributed by atoms with E-state index < -0.39 is 0 Å². The molecule has 0 aliphatic carbocycles. The molecule has 3 nitrogen and oxygen atoms in total. The molecule has 16 heavy (non-hydrogen) atoms. The van der Waals surface area contributed by atoms with Crippen LogP contribution in [0.25, 0.3) is 0 Å². The van der Waals surface area contributed by atoms with Gasteiger partial charge in [0.2, 0.25) is 0 Å². The van der Waals surface area contributed by atoms with E-state index in [0.717, 1.165) is 22.9 Å². The first-order chi connectivity index (χ1) is 7.84. The Morgan fingerprint density at radius 1 is 1.31 bits per heavy atom. The molecular formula is C11H10N2OS2. The molecular weight excluding hydrogens is 240 g/mol. The van der Waals surface area contributed by atoms with Gasteiger partial charge >= 0.3 is 6.03 Å². The van der Waals surface area contributed by atoms with E-state index in [-0.39, 0.29) is 10.7 Å². The van der Waals surface area contributed by atoms with Crippen LogP contribution in [0.5, 0.6) is 0 Å². The number of fused-ring (bicyclic) bond motifs is 1. The smallest absolute Gasteiger partial charge is 0.300 e. The lowest BCUT2D eigenvalue weighted by Gasteiger charge is -2.26. The largest absolute Gasteiger partial charge is 0.346 e. The fourth-order valence-corrected chi connectivity index (χ4v) is 4.35. The van der Waals surface area contributed by atoms with Crippen molar-refractivity contribution in [3.05, 3.63) is 35.9 Å². The number of benzene rings is 1. The predicted molar refractivity (Wildman–Crippen MR) is 68.9 cm³/mol. The molecule has 2 aliphatic heterocycles. The van der Waals surface area contributed by atoms with Crippen LogP contribution < -0.4 is 0 Å². The van der Waals surface area contributed by atoms with Crippen molar-refractivity contribution >= 4 is 34.6 Å². The van der Waals surface area contributed by atoms with Crippen LogP contribution in [0.3, 0.4) is 0 Å². The summed E-state index contributed by atoms with van der Waals surface area (Å²) in [7, 11) is 0. The molecule has 5 heteroatoms. The van der Waals surface area contributed by atoms with Crippen LogP contribution >= 0.6 is 23.5 Å². The zero-order valence-corrected chi connectivity index (χ0v) is 10.1. The number of thioether (sulfide) groups is 2. The average Bonchev–Trinajstić information content (AvgIpc) is 2.79. The van der Waals surface area contributed by atoms with E-state index >= 15 is 0 Å². The van der Waals surface area contributed by atoms with Gasteiger partial charge in [-0.1, -0.05) is 42.1 Å². The number of amides is 2. The molecule has 0 spiro atoms. The molecule has 2 aliphatic rings. The number of urea groups is 1. The number of carbonyl (C=O) groups is 1. The molecule has 0 bridgehead atoms. The van der Waals surface area contributed by atoms with Gasteiger partial charge in [-0.3, -0.25) is 0 Å². The summed E-state index contributed by atoms with van der Waals surface area (Å²) in [5.41, 5.74) is 1.04. The SMILES string of the molecule is O=C1N=C(c2ccccc2)SC2SCCN12. The fraction of sp³-hybridized carbons (Fsp3) is 0.273. The molecule has 1 saturated heterocycles. The summed E-state index contributed by atoms with van der Waals surface area (Å²) in [4.78, 5) is 17.8. The lowest BCUT2D eigenvalue weighted by Crippen LogP contribution is -2.35. The van der Waals surface area contributed by atoms with Crippen LogP contribution in [0.1, 0.15) is 5.56 Å². The number of hydrogen-bond donors (Lipinski definition) is 0. The Kier molecular flexibility index (Phi) is 2.65. The second kappa shape index (κ2) is 4.14. The van der Waals surface area contributed by atoms with Crippen molar-refractivity contribution < 1.29 is 4.79 Å². The van der Waals surface area contributed by atoms with Gasteiger partial charge in [-0.15, -0.1) is 11.8 Å². The minimum atomic E-state index is -0.0902. The summed E-state index contributed by atoms with van der Waals surface area (Å²) in [5.74, 6) is 1.01. The predicted octanol–water partition coefficient (Wildman–Crippen LogP) is 2.63. The van der Waals surface area contributed by atoms with E-state index in [1.807, 2.05) is 47.0 Å². The van der Waals surface area contributed by atoms with Gasteiger partial charge in [-0.25, -0.2) is 4.79 Å². The molecule has 2 amide bonds. The average molecular weight is 250 g/mol. The maximum absolute atomic E-state index is 11.8. The summed E-state index contributed by atoms with van der Waals surface area (Å²) in [6, 6.07) is 9.81. The van der Waals surface area contributed by atoms with Crippen molar-refractivity contribution in [3.63, 3.8) is 0 Å². The van der Waals surface area contributed by atoms with Crippen LogP contribution in [0, 0.1) is 0 Å². The second-order valence-corrected chi connectivity index (χ2v) is 6.11. The van der Waals surface area contributed by atoms with Gasteiger partial charge in [-0.05, 0) is 0 Å². The lowest BCUT2D eigenvalue weighted by molar-refractivity contribution is 0.218. The minimum absolute atomic E-state index is 0.0902. The van der Waals surface area contributed by atoms with Gasteiger partial charge in [0.15, 0.2) is 0 Å². The Bertz CT molecular complexity index is 447. The summed E-state index contributed by atoms with van der Waals surface area (Å²) in [5, 5.41) is 0.848. The summed E-state index contributed by atoms with van der Waals surface area (Å²) in [6.45, 7) is 0.826. The molecule has 82 valence electrons. The van der Waals surface area contributed by atoms with Crippen LogP contribution in [0.2, 0.25) is 0 Å². The Hall–Kier alpha value is -0.940. The number of rotatable bonds is 1. The number of hydrogen-bond acceptors (Lipinski definition) is 3. The van der Waals surface area contributed by atoms with Crippen molar-refractivity contribution in [2.75, 3.05) is 12.3 Å². The number of nitrogens with zero attached hydrogens (tertiary/aromatic N) is 2. The van der Waals surface area contributed by atoms with Crippen LogP contribution in [-0.2, 0) is 0 Å². The zero-order chi connectivity index (χ0) is 11.0. The van der Waals surface area contributed by atoms with Gasteiger partial charge in [-0.2, -0.15) is 4.99 Å². The van der Waals surface area contributed by atoms with E-state index in [1.165, 1.54) is 0 Å². The van der Waals surface area contributed by atoms with Gasteiger partial charge in [0.05, 0.1) is 0 Å². The monoisotopic (exact) mass is 250 g/mol. The molecule has 1 fully saturated rings. The number of carbonyl (C=O) groups excluding carboxylic acids is 1. The first-order valence-corrected chi connectivity index (χ1v) is 7.00. The summed E-state index contributed by atoms with van der Waals surface area (Å²) >= 11 is 3.49. The molecule has 3 rings (SSSR count). The summed E-state index contributed by atoms with van der Waals surface area (Å²) in [6.07, 6.45) is 0. The third-order valence-corrected chi connectivity index (χ3v) is 5.18. The van der Waals surface area contributed by atoms with Crippen molar-refractivity contribution in [1.82, 2.24) is 4.90 Å². The molecule has 1 aromatic rings. The van der Waals surface area contributed by atoms with Crippen molar-refractivity contribution in [1.29, 1.82) is 0 Å². The molecule has 1 atom stereocenters. The Morgan fingerprint density at radius 3 is 2.94 bits per heavy atom. The number of aliphatic imine (C=N–C) groups is 1. The van der Waals surface area contributed by atoms with Crippen molar-refractivity contribution in [2.24, 2.45) is 4.99 Å². The van der Waals surface area contributed by atoms with Crippen LogP contribution in [0.15, 0.2) is 35.3 Å². The highest BCUT2D eigenvalue weighted by molar-refractivity contribution is 8.25. The van der Waals surface area contributed by atoms with Gasteiger partial charge in [0.25, 0.3) is 0 Å². The minimum Gasteiger partial charge on any atom is -0.300 e. The highest BCUT2D eigenvalue weighted by Gasteiger charge is 2.35. The Labute approximate surface area is 102 Å². The van der Waals surface area contributed by atoms with Crippen LogP contribution in [-0.4, -0.2) is 33.0 Å². The maximum atomic E-state index is 11.8. The Balaban J connectivity index is 1.93. The van der Waals surface area contributed by atoms with Crippen LogP contribution in [0.4, 0.5) is 4.79 Å². The van der Waals surface area contributed by atoms with Gasteiger partial charge in [0.1, 0.15) is 9.75 Å². The van der Waals surface area contributed by atoms with E-state index in [2.05, 4.69) is 4.99 Å². The lowest BCUT2D eigenvalue weighted by atomic mass is 10.2. The van der Waals surface area contributed by atoms with E-state index in [4.69, 9.17) is 0 Å². The van der Waals surface area contributed by atoms with Crippen molar-refractivity contribution in [3.8, 4) is 0 Å². The normalized spacial score (nSPS) is 24.2. The molecule has 0 N–H and O–H groups in total.